The number of anilines is 2. The smallest absolute Gasteiger partial charge is 0.416 e. The van der Waals surface area contributed by atoms with Crippen molar-refractivity contribution in [2.45, 2.75) is 45.3 Å². The van der Waals surface area contributed by atoms with Crippen LogP contribution in [0.1, 0.15) is 48.5 Å². The number of hydrogen-bond donors (Lipinski definition) is 1. The van der Waals surface area contributed by atoms with Crippen molar-refractivity contribution in [2.24, 2.45) is 0 Å². The summed E-state index contributed by atoms with van der Waals surface area (Å²) in [6, 6.07) is 9.47. The summed E-state index contributed by atoms with van der Waals surface area (Å²) in [6.45, 7) is 2.38. The number of carbonyl (C=O) groups is 3. The van der Waals surface area contributed by atoms with Gasteiger partial charge in [-0.2, -0.15) is 13.2 Å². The van der Waals surface area contributed by atoms with Crippen molar-refractivity contribution >= 4 is 40.5 Å². The molecule has 1 N–H and O–H groups in total. The van der Waals surface area contributed by atoms with Gasteiger partial charge in [0.15, 0.2) is 0 Å². The molecule has 2 aromatic carbocycles. The third kappa shape index (κ3) is 5.67. The number of ether oxygens (including phenoxy) is 1. The van der Waals surface area contributed by atoms with Gasteiger partial charge in [0.2, 0.25) is 11.9 Å². The molecule has 1 fully saturated rings. The molecule has 190 valence electrons. The fourth-order valence-corrected chi connectivity index (χ4v) is 4.14. The lowest BCUT2D eigenvalue weighted by atomic mass is 10.1. The van der Waals surface area contributed by atoms with Crippen LogP contribution in [0.4, 0.5) is 24.8 Å². The van der Waals surface area contributed by atoms with Crippen molar-refractivity contribution in [3.8, 4) is 0 Å². The molecule has 3 aromatic rings. The van der Waals surface area contributed by atoms with Gasteiger partial charge in [-0.3, -0.25) is 19.7 Å². The minimum atomic E-state index is -4.58. The first-order valence-electron chi connectivity index (χ1n) is 11.6. The summed E-state index contributed by atoms with van der Waals surface area (Å²) in [5.74, 6) is -1.000. The Kier molecular flexibility index (Phi) is 7.27. The van der Waals surface area contributed by atoms with Crippen LogP contribution in [0.3, 0.4) is 0 Å². The van der Waals surface area contributed by atoms with Gasteiger partial charge < -0.3 is 14.2 Å². The number of aromatic nitrogens is 2. The van der Waals surface area contributed by atoms with E-state index >= 15 is 0 Å². The monoisotopic (exact) mass is 502 g/mol. The molecule has 8 nitrogen and oxygen atoms in total. The molecule has 1 aliphatic rings. The number of nitrogens with one attached hydrogen (secondary N) is 1. The molecule has 2 amide bonds. The number of piperidine rings is 1. The summed E-state index contributed by atoms with van der Waals surface area (Å²) in [5, 5.41) is 2.61. The Morgan fingerprint density at radius 3 is 2.67 bits per heavy atom. The zero-order valence-corrected chi connectivity index (χ0v) is 19.6. The van der Waals surface area contributed by atoms with E-state index in [0.717, 1.165) is 25.0 Å². The molecule has 0 atom stereocenters. The second-order valence-electron chi connectivity index (χ2n) is 8.49. The zero-order chi connectivity index (χ0) is 25.9. The lowest BCUT2D eigenvalue weighted by molar-refractivity contribution is -0.141. The van der Waals surface area contributed by atoms with Gasteiger partial charge in [0.25, 0.3) is 5.91 Å². The van der Waals surface area contributed by atoms with Crippen molar-refractivity contribution in [1.82, 2.24) is 9.55 Å². The minimum absolute atomic E-state index is 0.0273. The van der Waals surface area contributed by atoms with Gasteiger partial charge >= 0.3 is 12.1 Å². The molecule has 36 heavy (non-hydrogen) atoms. The summed E-state index contributed by atoms with van der Waals surface area (Å²) in [4.78, 5) is 42.5. The molecule has 1 aromatic heterocycles. The number of fused-ring (bicyclic) bond motifs is 1. The lowest BCUT2D eigenvalue weighted by Crippen LogP contribution is -2.35. The molecular formula is C25H25F3N4O4. The van der Waals surface area contributed by atoms with Crippen LogP contribution < -0.4 is 10.2 Å². The molecule has 0 bridgehead atoms. The summed E-state index contributed by atoms with van der Waals surface area (Å²) < 4.78 is 46.0. The molecule has 11 heteroatoms. The number of nitrogens with zero attached hydrogens (tertiary/aromatic N) is 3. The molecule has 1 aliphatic heterocycles. The van der Waals surface area contributed by atoms with E-state index in [1.807, 2.05) is 0 Å². The van der Waals surface area contributed by atoms with Crippen LogP contribution in [-0.4, -0.2) is 40.5 Å². The highest BCUT2D eigenvalue weighted by molar-refractivity contribution is 6.04. The molecule has 0 unspecified atom stereocenters. The first kappa shape index (κ1) is 25.2. The number of rotatable bonds is 7. The summed E-state index contributed by atoms with van der Waals surface area (Å²) in [7, 11) is 0. The predicted molar refractivity (Wildman–Crippen MR) is 127 cm³/mol. The fourth-order valence-electron chi connectivity index (χ4n) is 4.14. The SMILES string of the molecule is CC(=O)OCCCn1c(NC(=O)c2cccc(C(F)(F)F)c2)nc2cc(N3CCCCC3=O)ccc21. The van der Waals surface area contributed by atoms with Gasteiger partial charge in [-0.05, 0) is 55.7 Å². The van der Waals surface area contributed by atoms with Gasteiger partial charge in [0, 0.05) is 37.7 Å². The average Bonchev–Trinajstić information content (AvgIpc) is 3.17. The molecular weight excluding hydrogens is 477 g/mol. The molecule has 0 spiro atoms. The third-order valence-corrected chi connectivity index (χ3v) is 5.88. The second kappa shape index (κ2) is 10.4. The maximum absolute atomic E-state index is 13.1. The van der Waals surface area contributed by atoms with E-state index < -0.39 is 23.6 Å². The zero-order valence-electron chi connectivity index (χ0n) is 19.6. The number of alkyl halides is 3. The Morgan fingerprint density at radius 1 is 1.14 bits per heavy atom. The molecule has 0 aliphatic carbocycles. The number of benzene rings is 2. The minimum Gasteiger partial charge on any atom is -0.466 e. The van der Waals surface area contributed by atoms with E-state index in [4.69, 9.17) is 4.74 Å². The number of imidazole rings is 1. The molecule has 0 radical (unpaired) electrons. The van der Waals surface area contributed by atoms with E-state index in [0.29, 0.717) is 42.7 Å². The second-order valence-corrected chi connectivity index (χ2v) is 8.49. The maximum atomic E-state index is 13.1. The van der Waals surface area contributed by atoms with Gasteiger partial charge in [-0.25, -0.2) is 4.98 Å². The van der Waals surface area contributed by atoms with Crippen LogP contribution in [0.15, 0.2) is 42.5 Å². The van der Waals surface area contributed by atoms with Gasteiger partial charge in [-0.1, -0.05) is 6.07 Å². The van der Waals surface area contributed by atoms with Crippen molar-refractivity contribution in [3.63, 3.8) is 0 Å². The standard InChI is InChI=1S/C25H25F3N4O4/c1-16(33)36-13-5-12-32-21-10-9-19(31-11-3-2-8-22(31)34)15-20(21)29-24(32)30-23(35)17-6-4-7-18(14-17)25(26,27)28/h4,6-7,9-10,14-15H,2-3,5,8,11-13H2,1H3,(H,29,30,35). The number of halogens is 3. The highest BCUT2D eigenvalue weighted by Gasteiger charge is 2.31. The van der Waals surface area contributed by atoms with Gasteiger partial charge in [0.05, 0.1) is 23.2 Å². The number of aryl methyl sites for hydroxylation is 1. The van der Waals surface area contributed by atoms with Crippen molar-refractivity contribution in [3.05, 3.63) is 53.6 Å². The average molecular weight is 502 g/mol. The summed E-state index contributed by atoms with van der Waals surface area (Å²) in [6.07, 6.45) is -1.94. The van der Waals surface area contributed by atoms with Crippen LogP contribution in [0.2, 0.25) is 0 Å². The first-order valence-corrected chi connectivity index (χ1v) is 11.6. The molecule has 1 saturated heterocycles. The van der Waals surface area contributed by atoms with Crippen LogP contribution in [0.5, 0.6) is 0 Å². The Balaban J connectivity index is 1.65. The van der Waals surface area contributed by atoms with Gasteiger partial charge in [0.1, 0.15) is 0 Å². The molecule has 0 saturated carbocycles. The summed E-state index contributed by atoms with van der Waals surface area (Å²) in [5.41, 5.74) is 0.763. The fraction of sp³-hybridized carbons (Fsp3) is 0.360. The van der Waals surface area contributed by atoms with E-state index in [1.165, 1.54) is 19.1 Å². The lowest BCUT2D eigenvalue weighted by Gasteiger charge is -2.26. The quantitative estimate of drug-likeness (QED) is 0.371. The van der Waals surface area contributed by atoms with Crippen LogP contribution in [0.25, 0.3) is 11.0 Å². The first-order chi connectivity index (χ1) is 17.1. The highest BCUT2D eigenvalue weighted by atomic mass is 19.4. The Bertz CT molecular complexity index is 1300. The number of esters is 1. The Hall–Kier alpha value is -3.89. The van der Waals surface area contributed by atoms with E-state index in [2.05, 4.69) is 10.3 Å². The maximum Gasteiger partial charge on any atom is 0.416 e. The topological polar surface area (TPSA) is 93.5 Å². The Morgan fingerprint density at radius 2 is 1.94 bits per heavy atom. The predicted octanol–water partition coefficient (Wildman–Crippen LogP) is 4.78. The van der Waals surface area contributed by atoms with Crippen LogP contribution in [-0.2, 0) is 27.0 Å². The van der Waals surface area contributed by atoms with E-state index in [9.17, 15) is 27.6 Å². The molecule has 2 heterocycles. The highest BCUT2D eigenvalue weighted by Crippen LogP contribution is 2.30. The Labute approximate surface area is 205 Å². The number of carbonyl (C=O) groups excluding carboxylic acids is 3. The number of hydrogen-bond acceptors (Lipinski definition) is 5. The van der Waals surface area contributed by atoms with Crippen molar-refractivity contribution in [2.75, 3.05) is 23.4 Å². The summed E-state index contributed by atoms with van der Waals surface area (Å²) >= 11 is 0. The van der Waals surface area contributed by atoms with E-state index in [1.54, 1.807) is 27.7 Å². The largest absolute Gasteiger partial charge is 0.466 e. The normalized spacial score (nSPS) is 14.2. The van der Waals surface area contributed by atoms with Crippen LogP contribution in [0, 0.1) is 0 Å². The van der Waals surface area contributed by atoms with Crippen molar-refractivity contribution < 1.29 is 32.3 Å². The molecule has 4 rings (SSSR count). The third-order valence-electron chi connectivity index (χ3n) is 5.88. The van der Waals surface area contributed by atoms with Gasteiger partial charge in [-0.15, -0.1) is 0 Å². The number of amides is 2. The van der Waals surface area contributed by atoms with Crippen molar-refractivity contribution in [1.29, 1.82) is 0 Å². The van der Waals surface area contributed by atoms with E-state index in [-0.39, 0.29) is 24.0 Å². The van der Waals surface area contributed by atoms with Crippen LogP contribution >= 0.6 is 0 Å².